The summed E-state index contributed by atoms with van der Waals surface area (Å²) in [6.45, 7) is 5.42. The number of halogens is 1. The molecule has 22 heavy (non-hydrogen) atoms. The highest BCUT2D eigenvalue weighted by Gasteiger charge is 2.30. The standard InChI is InChI=1S/C17H19ClN2O2/c1-11(2)16-9-15(19-22-16)17(21)20-8-7-12(10-20)13-5-3-4-6-14(13)18/h3-6,9,11-12H,7-8,10H2,1-2H3/t12-/m0/s1. The lowest BCUT2D eigenvalue weighted by molar-refractivity contribution is 0.0780. The topological polar surface area (TPSA) is 46.3 Å². The highest BCUT2D eigenvalue weighted by molar-refractivity contribution is 6.31. The maximum absolute atomic E-state index is 12.5. The Labute approximate surface area is 135 Å². The van der Waals surface area contributed by atoms with E-state index in [1.54, 1.807) is 6.07 Å². The van der Waals surface area contributed by atoms with Gasteiger partial charge in [0.15, 0.2) is 5.69 Å². The van der Waals surface area contributed by atoms with Crippen LogP contribution in [0.3, 0.4) is 0 Å². The van der Waals surface area contributed by atoms with Crippen LogP contribution in [-0.4, -0.2) is 29.1 Å². The van der Waals surface area contributed by atoms with Crippen molar-refractivity contribution in [1.29, 1.82) is 0 Å². The van der Waals surface area contributed by atoms with Crippen molar-refractivity contribution in [2.24, 2.45) is 0 Å². The van der Waals surface area contributed by atoms with Gasteiger partial charge in [0.2, 0.25) is 0 Å². The number of likely N-dealkylation sites (tertiary alicyclic amines) is 1. The number of carbonyl (C=O) groups is 1. The van der Waals surface area contributed by atoms with E-state index in [4.69, 9.17) is 16.1 Å². The van der Waals surface area contributed by atoms with Crippen molar-refractivity contribution in [1.82, 2.24) is 10.1 Å². The SMILES string of the molecule is CC(C)c1cc(C(=O)N2CC[C@H](c3ccccc3Cl)C2)no1. The molecule has 1 atom stereocenters. The maximum Gasteiger partial charge on any atom is 0.276 e. The van der Waals surface area contributed by atoms with Crippen LogP contribution in [0.5, 0.6) is 0 Å². The largest absolute Gasteiger partial charge is 0.360 e. The predicted molar refractivity (Wildman–Crippen MR) is 85.3 cm³/mol. The fourth-order valence-electron chi connectivity index (χ4n) is 2.83. The number of rotatable bonds is 3. The summed E-state index contributed by atoms with van der Waals surface area (Å²) in [5.41, 5.74) is 1.51. The van der Waals surface area contributed by atoms with Crippen LogP contribution < -0.4 is 0 Å². The molecule has 2 heterocycles. The second kappa shape index (κ2) is 6.13. The lowest BCUT2D eigenvalue weighted by atomic mass is 9.98. The molecule has 0 N–H and O–H groups in total. The van der Waals surface area contributed by atoms with Gasteiger partial charge in [-0.25, -0.2) is 0 Å². The average molecular weight is 319 g/mol. The minimum atomic E-state index is -0.0646. The summed E-state index contributed by atoms with van der Waals surface area (Å²) in [5, 5.41) is 4.67. The van der Waals surface area contributed by atoms with Crippen LogP contribution in [0.2, 0.25) is 5.02 Å². The van der Waals surface area contributed by atoms with Gasteiger partial charge < -0.3 is 9.42 Å². The summed E-state index contributed by atoms with van der Waals surface area (Å²) < 4.78 is 5.22. The summed E-state index contributed by atoms with van der Waals surface area (Å²) in [5.74, 6) is 1.19. The molecule has 1 aromatic heterocycles. The van der Waals surface area contributed by atoms with Gasteiger partial charge in [-0.1, -0.05) is 48.8 Å². The van der Waals surface area contributed by atoms with Crippen molar-refractivity contribution < 1.29 is 9.32 Å². The Balaban J connectivity index is 1.72. The summed E-state index contributed by atoms with van der Waals surface area (Å²) in [6, 6.07) is 9.59. The molecule has 1 aliphatic heterocycles. The molecule has 2 aromatic rings. The van der Waals surface area contributed by atoms with E-state index in [0.29, 0.717) is 12.2 Å². The normalized spacial score (nSPS) is 18.2. The first-order valence-corrected chi connectivity index (χ1v) is 7.94. The van der Waals surface area contributed by atoms with E-state index in [-0.39, 0.29) is 17.7 Å². The Morgan fingerprint density at radius 2 is 2.18 bits per heavy atom. The summed E-state index contributed by atoms with van der Waals surface area (Å²) in [6.07, 6.45) is 0.921. The summed E-state index contributed by atoms with van der Waals surface area (Å²) in [4.78, 5) is 14.3. The number of nitrogens with zero attached hydrogens (tertiary/aromatic N) is 2. The molecular formula is C17H19ClN2O2. The molecule has 0 aliphatic carbocycles. The number of amides is 1. The van der Waals surface area contributed by atoms with Crippen molar-refractivity contribution in [3.8, 4) is 0 Å². The van der Waals surface area contributed by atoms with Crippen LogP contribution in [0.25, 0.3) is 0 Å². The average Bonchev–Trinajstić information content (AvgIpc) is 3.17. The fraction of sp³-hybridized carbons (Fsp3) is 0.412. The smallest absolute Gasteiger partial charge is 0.276 e. The predicted octanol–water partition coefficient (Wildman–Crippen LogP) is 4.08. The number of aromatic nitrogens is 1. The van der Waals surface area contributed by atoms with Crippen LogP contribution in [0.4, 0.5) is 0 Å². The molecular weight excluding hydrogens is 300 g/mol. The fourth-order valence-corrected chi connectivity index (χ4v) is 3.12. The number of carbonyl (C=O) groups excluding carboxylic acids is 1. The first-order valence-electron chi connectivity index (χ1n) is 7.56. The van der Waals surface area contributed by atoms with Gasteiger partial charge in [-0.15, -0.1) is 0 Å². The number of hydrogen-bond acceptors (Lipinski definition) is 3. The zero-order chi connectivity index (χ0) is 15.7. The minimum absolute atomic E-state index is 0.0646. The molecule has 0 saturated carbocycles. The lowest BCUT2D eigenvalue weighted by Gasteiger charge is -2.15. The third kappa shape index (κ3) is 2.88. The third-order valence-corrected chi connectivity index (χ3v) is 4.48. The molecule has 3 rings (SSSR count). The molecule has 1 amide bonds. The number of benzene rings is 1. The Hall–Kier alpha value is -1.81. The Kier molecular flexibility index (Phi) is 4.21. The van der Waals surface area contributed by atoms with Crippen LogP contribution >= 0.6 is 11.6 Å². The molecule has 4 nitrogen and oxygen atoms in total. The molecule has 0 unspecified atom stereocenters. The monoisotopic (exact) mass is 318 g/mol. The molecule has 1 aromatic carbocycles. The molecule has 0 bridgehead atoms. The van der Waals surface area contributed by atoms with E-state index in [9.17, 15) is 4.79 Å². The third-order valence-electron chi connectivity index (χ3n) is 4.14. The Morgan fingerprint density at radius 1 is 1.41 bits per heavy atom. The van der Waals surface area contributed by atoms with Crippen LogP contribution in [0.15, 0.2) is 34.9 Å². The van der Waals surface area contributed by atoms with Gasteiger partial charge in [0, 0.05) is 36.0 Å². The summed E-state index contributed by atoms with van der Waals surface area (Å²) in [7, 11) is 0. The van der Waals surface area contributed by atoms with Gasteiger partial charge in [0.1, 0.15) is 5.76 Å². The van der Waals surface area contributed by atoms with Crippen molar-refractivity contribution >= 4 is 17.5 Å². The van der Waals surface area contributed by atoms with Crippen molar-refractivity contribution in [3.63, 3.8) is 0 Å². The Bertz CT molecular complexity index is 681. The second-order valence-corrected chi connectivity index (χ2v) is 6.43. The number of hydrogen-bond donors (Lipinski definition) is 0. The van der Waals surface area contributed by atoms with Gasteiger partial charge in [0.25, 0.3) is 5.91 Å². The first kappa shape index (κ1) is 15.1. The molecule has 1 saturated heterocycles. The van der Waals surface area contributed by atoms with Crippen LogP contribution in [-0.2, 0) is 0 Å². The molecule has 1 aliphatic rings. The second-order valence-electron chi connectivity index (χ2n) is 6.03. The van der Waals surface area contributed by atoms with E-state index in [0.717, 1.165) is 29.3 Å². The highest BCUT2D eigenvalue weighted by Crippen LogP contribution is 2.32. The van der Waals surface area contributed by atoms with Gasteiger partial charge in [-0.2, -0.15) is 0 Å². The molecule has 0 radical (unpaired) electrons. The van der Waals surface area contributed by atoms with E-state index < -0.39 is 0 Å². The zero-order valence-electron chi connectivity index (χ0n) is 12.8. The summed E-state index contributed by atoms with van der Waals surface area (Å²) >= 11 is 6.26. The molecule has 0 spiro atoms. The first-order chi connectivity index (χ1) is 10.6. The van der Waals surface area contributed by atoms with E-state index in [2.05, 4.69) is 5.16 Å². The van der Waals surface area contributed by atoms with Gasteiger partial charge in [-0.05, 0) is 18.1 Å². The lowest BCUT2D eigenvalue weighted by Crippen LogP contribution is -2.28. The van der Waals surface area contributed by atoms with Gasteiger partial charge >= 0.3 is 0 Å². The Morgan fingerprint density at radius 3 is 2.86 bits per heavy atom. The maximum atomic E-state index is 12.5. The van der Waals surface area contributed by atoms with E-state index >= 15 is 0 Å². The molecule has 5 heteroatoms. The van der Waals surface area contributed by atoms with E-state index in [1.807, 2.05) is 43.0 Å². The van der Waals surface area contributed by atoms with E-state index in [1.165, 1.54) is 0 Å². The van der Waals surface area contributed by atoms with Crippen molar-refractivity contribution in [3.05, 3.63) is 52.4 Å². The van der Waals surface area contributed by atoms with Crippen molar-refractivity contribution in [2.45, 2.75) is 32.1 Å². The van der Waals surface area contributed by atoms with Crippen LogP contribution in [0, 0.1) is 0 Å². The molecule has 1 fully saturated rings. The van der Waals surface area contributed by atoms with Gasteiger partial charge in [0.05, 0.1) is 0 Å². The highest BCUT2D eigenvalue weighted by atomic mass is 35.5. The molecule has 116 valence electrons. The van der Waals surface area contributed by atoms with Crippen molar-refractivity contribution in [2.75, 3.05) is 13.1 Å². The van der Waals surface area contributed by atoms with Crippen LogP contribution in [0.1, 0.15) is 53.9 Å². The minimum Gasteiger partial charge on any atom is -0.360 e. The van der Waals surface area contributed by atoms with Gasteiger partial charge in [-0.3, -0.25) is 4.79 Å². The zero-order valence-corrected chi connectivity index (χ0v) is 13.5. The quantitative estimate of drug-likeness (QED) is 0.856.